The predicted molar refractivity (Wildman–Crippen MR) is 91.6 cm³/mol. The van der Waals surface area contributed by atoms with Crippen LogP contribution in [0.1, 0.15) is 23.3 Å². The summed E-state index contributed by atoms with van der Waals surface area (Å²) in [5.74, 6) is -0.260. The van der Waals surface area contributed by atoms with Crippen LogP contribution in [0.25, 0.3) is 5.69 Å². The average Bonchev–Trinajstić information content (AvgIpc) is 2.82. The Morgan fingerprint density at radius 3 is 2.64 bits per heavy atom. The first-order valence-corrected chi connectivity index (χ1v) is 8.48. The summed E-state index contributed by atoms with van der Waals surface area (Å²) >= 11 is 0. The van der Waals surface area contributed by atoms with Gasteiger partial charge in [-0.15, -0.1) is 0 Å². The van der Waals surface area contributed by atoms with Gasteiger partial charge in [-0.1, -0.05) is 18.2 Å². The van der Waals surface area contributed by atoms with Gasteiger partial charge >= 0.3 is 0 Å². The summed E-state index contributed by atoms with van der Waals surface area (Å²) in [6.07, 6.45) is 1.73. The second-order valence-corrected chi connectivity index (χ2v) is 6.77. The van der Waals surface area contributed by atoms with Crippen molar-refractivity contribution < 1.29 is 9.59 Å². The molecular weight excluding hydrogens is 320 g/mol. The fraction of sp³-hybridized carbons (Fsp3) is 0.389. The lowest BCUT2D eigenvalue weighted by molar-refractivity contribution is -0.138. The molecule has 130 valence electrons. The number of rotatable bonds is 2. The van der Waals surface area contributed by atoms with Crippen molar-refractivity contribution in [2.24, 2.45) is 5.92 Å². The van der Waals surface area contributed by atoms with Crippen LogP contribution in [0.3, 0.4) is 0 Å². The van der Waals surface area contributed by atoms with E-state index in [-0.39, 0.29) is 35.0 Å². The lowest BCUT2D eigenvalue weighted by atomic mass is 9.95. The number of hydrogen-bond donors (Lipinski definition) is 1. The third kappa shape index (κ3) is 2.65. The van der Waals surface area contributed by atoms with Gasteiger partial charge in [-0.2, -0.15) is 0 Å². The maximum absolute atomic E-state index is 12.9. The second-order valence-electron chi connectivity index (χ2n) is 6.77. The zero-order chi connectivity index (χ0) is 17.6. The molecule has 1 aromatic carbocycles. The zero-order valence-electron chi connectivity index (χ0n) is 14.0. The van der Waals surface area contributed by atoms with Gasteiger partial charge < -0.3 is 9.80 Å². The van der Waals surface area contributed by atoms with Crippen molar-refractivity contribution >= 4 is 11.8 Å². The van der Waals surface area contributed by atoms with Crippen LogP contribution >= 0.6 is 0 Å². The highest BCUT2D eigenvalue weighted by Gasteiger charge is 2.40. The van der Waals surface area contributed by atoms with Crippen LogP contribution in [0.4, 0.5) is 0 Å². The molecule has 5 rings (SSSR count). The number of aromatic nitrogens is 2. The highest BCUT2D eigenvalue weighted by molar-refractivity contribution is 5.93. The number of piperidine rings is 1. The van der Waals surface area contributed by atoms with Crippen LogP contribution < -0.4 is 5.56 Å². The first-order valence-electron chi connectivity index (χ1n) is 8.48. The first-order chi connectivity index (χ1) is 12.0. The van der Waals surface area contributed by atoms with Crippen molar-refractivity contribution in [3.63, 3.8) is 0 Å². The van der Waals surface area contributed by atoms with E-state index in [2.05, 4.69) is 5.10 Å². The van der Waals surface area contributed by atoms with Crippen LogP contribution in [0.2, 0.25) is 0 Å². The lowest BCUT2D eigenvalue weighted by Crippen LogP contribution is -2.45. The highest BCUT2D eigenvalue weighted by atomic mass is 16.2. The van der Waals surface area contributed by atoms with E-state index in [0.29, 0.717) is 18.8 Å². The van der Waals surface area contributed by atoms with Crippen molar-refractivity contribution in [2.75, 3.05) is 20.1 Å². The summed E-state index contributed by atoms with van der Waals surface area (Å²) < 4.78 is 1.36. The average molecular weight is 340 g/mol. The Bertz CT molecular complexity index is 870. The summed E-state index contributed by atoms with van der Waals surface area (Å²) in [6.45, 7) is 0.924. The maximum Gasteiger partial charge on any atom is 0.272 e. The molecule has 3 saturated heterocycles. The van der Waals surface area contributed by atoms with E-state index >= 15 is 0 Å². The minimum atomic E-state index is -0.277. The molecule has 0 spiro atoms. The Morgan fingerprint density at radius 2 is 1.88 bits per heavy atom. The normalized spacial score (nSPS) is 23.0. The number of carbonyl (C=O) groups is 2. The SMILES string of the molecule is CN1C(=O)[C@@H]2CC[C@H]1CN(C(=O)c1cc(=O)n(-c3ccccc3)[nH]1)C2. The summed E-state index contributed by atoms with van der Waals surface area (Å²) in [7, 11) is 1.81. The standard InChI is InChI=1S/C18H20N4O3/c1-20-14-8-7-12(17(20)24)10-21(11-14)18(25)15-9-16(23)22(19-15)13-5-3-2-4-6-13/h2-6,9,12,14,19H,7-8,10-11H2,1H3/t12-,14+/m1/s1. The minimum absolute atomic E-state index is 0.0538. The Hall–Kier alpha value is -2.83. The van der Waals surface area contributed by atoms with Crippen LogP contribution in [-0.2, 0) is 4.79 Å². The first kappa shape index (κ1) is 15.7. The Labute approximate surface area is 144 Å². The number of aromatic amines is 1. The van der Waals surface area contributed by atoms with E-state index in [1.807, 2.05) is 18.2 Å². The van der Waals surface area contributed by atoms with Gasteiger partial charge in [0.05, 0.1) is 11.6 Å². The molecule has 2 amide bonds. The Balaban J connectivity index is 1.62. The second kappa shape index (κ2) is 5.91. The molecule has 0 radical (unpaired) electrons. The number of benzene rings is 1. The van der Waals surface area contributed by atoms with E-state index in [4.69, 9.17) is 0 Å². The number of nitrogens with zero attached hydrogens (tertiary/aromatic N) is 3. The summed E-state index contributed by atoms with van der Waals surface area (Å²) in [5, 5.41) is 2.90. The number of amides is 2. The van der Waals surface area contributed by atoms with Crippen molar-refractivity contribution in [3.05, 3.63) is 52.4 Å². The number of H-pyrrole nitrogens is 1. The lowest BCUT2D eigenvalue weighted by Gasteiger charge is -2.32. The maximum atomic E-state index is 12.9. The molecule has 0 unspecified atom stereocenters. The fourth-order valence-corrected chi connectivity index (χ4v) is 3.77. The summed E-state index contributed by atoms with van der Waals surface area (Å²) in [4.78, 5) is 40.9. The topological polar surface area (TPSA) is 78.4 Å². The van der Waals surface area contributed by atoms with Gasteiger partial charge in [-0.25, -0.2) is 4.68 Å². The van der Waals surface area contributed by atoms with Crippen LogP contribution in [0.15, 0.2) is 41.2 Å². The molecule has 4 heterocycles. The molecule has 2 bridgehead atoms. The molecule has 1 N–H and O–H groups in total. The Kier molecular flexibility index (Phi) is 3.71. The van der Waals surface area contributed by atoms with E-state index in [1.165, 1.54) is 10.7 Å². The van der Waals surface area contributed by atoms with E-state index in [9.17, 15) is 14.4 Å². The van der Waals surface area contributed by atoms with Crippen molar-refractivity contribution in [3.8, 4) is 5.69 Å². The van der Waals surface area contributed by atoms with E-state index in [1.54, 1.807) is 29.0 Å². The van der Waals surface area contributed by atoms with E-state index < -0.39 is 0 Å². The monoisotopic (exact) mass is 340 g/mol. The molecule has 3 fully saturated rings. The fourth-order valence-electron chi connectivity index (χ4n) is 3.77. The molecule has 1 aromatic heterocycles. The van der Waals surface area contributed by atoms with Gasteiger partial charge in [0.1, 0.15) is 5.69 Å². The van der Waals surface area contributed by atoms with Crippen molar-refractivity contribution in [1.82, 2.24) is 19.6 Å². The van der Waals surface area contributed by atoms with Gasteiger partial charge in [0.25, 0.3) is 11.5 Å². The molecule has 0 saturated carbocycles. The van der Waals surface area contributed by atoms with Crippen molar-refractivity contribution in [1.29, 1.82) is 0 Å². The minimum Gasteiger partial charge on any atom is -0.341 e. The highest BCUT2D eigenvalue weighted by Crippen LogP contribution is 2.28. The number of nitrogens with one attached hydrogen (secondary N) is 1. The smallest absolute Gasteiger partial charge is 0.272 e. The Morgan fingerprint density at radius 1 is 1.12 bits per heavy atom. The van der Waals surface area contributed by atoms with Crippen LogP contribution in [0.5, 0.6) is 0 Å². The number of para-hydroxylation sites is 1. The molecule has 3 aliphatic rings. The summed E-state index contributed by atoms with van der Waals surface area (Å²) in [6, 6.07) is 10.5. The number of fused-ring (bicyclic) bond motifs is 4. The number of hydrogen-bond acceptors (Lipinski definition) is 3. The molecule has 2 aromatic rings. The molecule has 25 heavy (non-hydrogen) atoms. The number of carbonyl (C=O) groups excluding carboxylic acids is 2. The van der Waals surface area contributed by atoms with Gasteiger partial charge in [0, 0.05) is 32.2 Å². The van der Waals surface area contributed by atoms with Gasteiger partial charge in [0.2, 0.25) is 5.91 Å². The number of likely N-dealkylation sites (N-methyl/N-ethyl adjacent to an activating group) is 1. The van der Waals surface area contributed by atoms with Gasteiger partial charge in [0.15, 0.2) is 0 Å². The van der Waals surface area contributed by atoms with E-state index in [0.717, 1.165) is 12.8 Å². The quantitative estimate of drug-likeness (QED) is 0.881. The third-order valence-corrected chi connectivity index (χ3v) is 5.22. The molecular formula is C18H20N4O3. The molecule has 7 heteroatoms. The predicted octanol–water partition coefficient (Wildman–Crippen LogP) is 0.858. The van der Waals surface area contributed by atoms with Crippen LogP contribution in [-0.4, -0.2) is 57.6 Å². The molecule has 7 nitrogen and oxygen atoms in total. The largest absolute Gasteiger partial charge is 0.341 e. The molecule has 2 atom stereocenters. The summed E-state index contributed by atoms with van der Waals surface area (Å²) in [5.41, 5.74) is 0.656. The zero-order valence-corrected chi connectivity index (χ0v) is 14.0. The molecule has 3 aliphatic heterocycles. The van der Waals surface area contributed by atoms with Gasteiger partial charge in [-0.3, -0.25) is 19.5 Å². The van der Waals surface area contributed by atoms with Crippen molar-refractivity contribution in [2.45, 2.75) is 18.9 Å². The third-order valence-electron chi connectivity index (χ3n) is 5.22. The van der Waals surface area contributed by atoms with Gasteiger partial charge in [-0.05, 0) is 25.0 Å². The van der Waals surface area contributed by atoms with Crippen LogP contribution in [0, 0.1) is 5.92 Å². The molecule has 0 aliphatic carbocycles.